The molecule has 1 N–H and O–H groups in total. The molecule has 2 aliphatic rings. The molecule has 0 aliphatic heterocycles. The number of Topliss-reactive ketones (excluding diaryl/α,β-unsaturated/α-hetero) is 1. The van der Waals surface area contributed by atoms with E-state index in [1.165, 1.54) is 0 Å². The van der Waals surface area contributed by atoms with Crippen LogP contribution in [0.5, 0.6) is 0 Å². The third kappa shape index (κ3) is 1.56. The van der Waals surface area contributed by atoms with Crippen LogP contribution in [0.25, 0.3) is 0 Å². The molecule has 0 bridgehead atoms. The van der Waals surface area contributed by atoms with Crippen LogP contribution < -0.4 is 0 Å². The first kappa shape index (κ1) is 13.0. The van der Waals surface area contributed by atoms with Crippen LogP contribution in [0.1, 0.15) is 34.1 Å². The number of aliphatic hydroxyl groups is 1. The van der Waals surface area contributed by atoms with Crippen LogP contribution in [0, 0.1) is 5.41 Å². The quantitative estimate of drug-likeness (QED) is 0.596. The lowest BCUT2D eigenvalue weighted by atomic mass is 9.82. The number of esters is 1. The minimum absolute atomic E-state index is 0.0456. The molecule has 2 aliphatic carbocycles. The summed E-state index contributed by atoms with van der Waals surface area (Å²) in [5.74, 6) is -0.857. The standard InChI is InChI=1S/C14H18O4/c1-5-18-13(17)11-9(15)6-8-7(2)14(3,4)12(16)10(8)11/h12,16H,5-6H2,1-4H3. The smallest absolute Gasteiger partial charge is 0.342 e. The zero-order valence-electron chi connectivity index (χ0n) is 11.2. The molecular formula is C14H18O4. The summed E-state index contributed by atoms with van der Waals surface area (Å²) in [6, 6.07) is 0. The molecule has 18 heavy (non-hydrogen) atoms. The molecule has 1 unspecified atom stereocenters. The van der Waals surface area contributed by atoms with Crippen molar-refractivity contribution in [1.29, 1.82) is 0 Å². The van der Waals surface area contributed by atoms with Crippen molar-refractivity contribution in [1.82, 2.24) is 0 Å². The van der Waals surface area contributed by atoms with Gasteiger partial charge in [-0.05, 0) is 19.4 Å². The van der Waals surface area contributed by atoms with Gasteiger partial charge in [0, 0.05) is 17.4 Å². The van der Waals surface area contributed by atoms with Crippen LogP contribution >= 0.6 is 0 Å². The molecule has 0 aromatic heterocycles. The van der Waals surface area contributed by atoms with Gasteiger partial charge in [-0.2, -0.15) is 0 Å². The molecule has 98 valence electrons. The Morgan fingerprint density at radius 3 is 2.67 bits per heavy atom. The van der Waals surface area contributed by atoms with Crippen molar-refractivity contribution in [3.63, 3.8) is 0 Å². The number of rotatable bonds is 2. The van der Waals surface area contributed by atoms with Gasteiger partial charge < -0.3 is 9.84 Å². The third-order valence-corrected chi connectivity index (χ3v) is 4.07. The largest absolute Gasteiger partial charge is 0.462 e. The van der Waals surface area contributed by atoms with E-state index in [-0.39, 0.29) is 24.4 Å². The molecule has 0 radical (unpaired) electrons. The number of aliphatic hydroxyl groups excluding tert-OH is 1. The molecule has 0 saturated carbocycles. The monoisotopic (exact) mass is 250 g/mol. The van der Waals surface area contributed by atoms with Gasteiger partial charge in [-0.1, -0.05) is 19.4 Å². The molecule has 1 atom stereocenters. The number of hydrogen-bond acceptors (Lipinski definition) is 4. The van der Waals surface area contributed by atoms with Gasteiger partial charge >= 0.3 is 5.97 Å². The van der Waals surface area contributed by atoms with E-state index in [9.17, 15) is 14.7 Å². The molecule has 4 heteroatoms. The van der Waals surface area contributed by atoms with Crippen molar-refractivity contribution in [2.75, 3.05) is 6.61 Å². The number of ether oxygens (including phenoxy) is 1. The average Bonchev–Trinajstić information content (AvgIpc) is 2.70. The Balaban J connectivity index is 2.56. The minimum Gasteiger partial charge on any atom is -0.462 e. The summed E-state index contributed by atoms with van der Waals surface area (Å²) >= 11 is 0. The second-order valence-electron chi connectivity index (χ2n) is 5.34. The maximum absolute atomic E-state index is 11.9. The molecule has 0 amide bonds. The van der Waals surface area contributed by atoms with E-state index in [1.54, 1.807) is 6.92 Å². The summed E-state index contributed by atoms with van der Waals surface area (Å²) in [6.45, 7) is 7.66. The van der Waals surface area contributed by atoms with Crippen LogP contribution in [0.15, 0.2) is 22.3 Å². The summed E-state index contributed by atoms with van der Waals surface area (Å²) in [5, 5.41) is 10.3. The van der Waals surface area contributed by atoms with Crippen molar-refractivity contribution in [2.24, 2.45) is 5.41 Å². The fourth-order valence-electron chi connectivity index (χ4n) is 2.66. The first-order valence-corrected chi connectivity index (χ1v) is 6.15. The van der Waals surface area contributed by atoms with Crippen LogP contribution in [0.3, 0.4) is 0 Å². The predicted octanol–water partition coefficient (Wildman–Crippen LogP) is 1.54. The lowest BCUT2D eigenvalue weighted by Crippen LogP contribution is -2.28. The zero-order chi connectivity index (χ0) is 13.7. The molecule has 0 fully saturated rings. The lowest BCUT2D eigenvalue weighted by Gasteiger charge is -2.26. The van der Waals surface area contributed by atoms with Gasteiger partial charge in [0.15, 0.2) is 5.78 Å². The first-order chi connectivity index (χ1) is 8.32. The summed E-state index contributed by atoms with van der Waals surface area (Å²) in [5.41, 5.74) is 1.91. The van der Waals surface area contributed by atoms with Gasteiger partial charge in [0.25, 0.3) is 0 Å². The highest BCUT2D eigenvalue weighted by Crippen LogP contribution is 2.51. The maximum atomic E-state index is 11.9. The Morgan fingerprint density at radius 2 is 2.11 bits per heavy atom. The molecule has 0 aromatic carbocycles. The first-order valence-electron chi connectivity index (χ1n) is 6.15. The van der Waals surface area contributed by atoms with Crippen molar-refractivity contribution >= 4 is 11.8 Å². The van der Waals surface area contributed by atoms with Gasteiger partial charge in [-0.25, -0.2) is 4.79 Å². The Bertz CT molecular complexity index is 494. The zero-order valence-corrected chi connectivity index (χ0v) is 11.2. The van der Waals surface area contributed by atoms with E-state index < -0.39 is 17.5 Å². The van der Waals surface area contributed by atoms with Crippen molar-refractivity contribution in [3.05, 3.63) is 22.3 Å². The van der Waals surface area contributed by atoms with Crippen LogP contribution in [0.2, 0.25) is 0 Å². The molecule has 0 saturated heterocycles. The van der Waals surface area contributed by atoms with E-state index in [0.29, 0.717) is 5.57 Å². The SMILES string of the molecule is CCOC(=O)C1=C2C(=C(C)C(C)(C)C2O)CC1=O. The molecular weight excluding hydrogens is 232 g/mol. The van der Waals surface area contributed by atoms with E-state index in [0.717, 1.165) is 11.1 Å². The van der Waals surface area contributed by atoms with Crippen LogP contribution in [-0.2, 0) is 14.3 Å². The predicted molar refractivity (Wildman–Crippen MR) is 65.8 cm³/mol. The van der Waals surface area contributed by atoms with E-state index in [1.807, 2.05) is 20.8 Å². The van der Waals surface area contributed by atoms with Crippen molar-refractivity contribution < 1.29 is 19.4 Å². The number of carbonyl (C=O) groups excluding carboxylic acids is 2. The van der Waals surface area contributed by atoms with Crippen LogP contribution in [-0.4, -0.2) is 29.6 Å². The van der Waals surface area contributed by atoms with E-state index in [2.05, 4.69) is 0 Å². The maximum Gasteiger partial charge on any atom is 0.342 e. The third-order valence-electron chi connectivity index (χ3n) is 4.07. The Hall–Kier alpha value is -1.42. The summed E-state index contributed by atoms with van der Waals surface area (Å²) < 4.78 is 4.90. The van der Waals surface area contributed by atoms with Gasteiger partial charge in [-0.3, -0.25) is 4.79 Å². The van der Waals surface area contributed by atoms with Crippen molar-refractivity contribution in [2.45, 2.75) is 40.2 Å². The average molecular weight is 250 g/mol. The topological polar surface area (TPSA) is 63.6 Å². The Kier molecular flexibility index (Phi) is 2.93. The second-order valence-corrected chi connectivity index (χ2v) is 5.34. The van der Waals surface area contributed by atoms with Gasteiger partial charge in [0.2, 0.25) is 0 Å². The van der Waals surface area contributed by atoms with Crippen molar-refractivity contribution in [3.8, 4) is 0 Å². The van der Waals surface area contributed by atoms with Gasteiger partial charge in [0.05, 0.1) is 12.7 Å². The molecule has 2 rings (SSSR count). The summed E-state index contributed by atoms with van der Waals surface area (Å²) in [4.78, 5) is 23.7. The fraction of sp³-hybridized carbons (Fsp3) is 0.571. The lowest BCUT2D eigenvalue weighted by molar-refractivity contribution is -0.139. The molecule has 4 nitrogen and oxygen atoms in total. The second kappa shape index (κ2) is 4.05. The highest BCUT2D eigenvalue weighted by molar-refractivity contribution is 6.22. The van der Waals surface area contributed by atoms with Gasteiger partial charge in [0.1, 0.15) is 5.57 Å². The molecule has 0 spiro atoms. The number of fused-ring (bicyclic) bond motifs is 1. The number of carbonyl (C=O) groups is 2. The highest BCUT2D eigenvalue weighted by Gasteiger charge is 2.49. The normalized spacial score (nSPS) is 25.8. The Labute approximate surface area is 106 Å². The van der Waals surface area contributed by atoms with E-state index in [4.69, 9.17) is 4.74 Å². The number of hydrogen-bond donors (Lipinski definition) is 1. The van der Waals surface area contributed by atoms with Crippen LogP contribution in [0.4, 0.5) is 0 Å². The Morgan fingerprint density at radius 1 is 1.50 bits per heavy atom. The summed E-state index contributed by atoms with van der Waals surface area (Å²) in [7, 11) is 0. The van der Waals surface area contributed by atoms with Gasteiger partial charge in [-0.15, -0.1) is 0 Å². The molecule has 0 heterocycles. The van der Waals surface area contributed by atoms with E-state index >= 15 is 0 Å². The number of ketones is 1. The highest BCUT2D eigenvalue weighted by atomic mass is 16.5. The molecule has 0 aromatic rings. The summed E-state index contributed by atoms with van der Waals surface area (Å²) in [6.07, 6.45) is -0.603. The fourth-order valence-corrected chi connectivity index (χ4v) is 2.66. The minimum atomic E-state index is -0.807.